The summed E-state index contributed by atoms with van der Waals surface area (Å²) in [5, 5.41) is 3.91. The Morgan fingerprint density at radius 3 is 2.61 bits per heavy atom. The zero-order valence-electron chi connectivity index (χ0n) is 13.3. The minimum Gasteiger partial charge on any atom is -0.496 e. The fraction of sp³-hybridized carbons (Fsp3) is 0.222. The molecule has 2 rings (SSSR count). The maximum atomic E-state index is 11.7. The van der Waals surface area contributed by atoms with Crippen molar-refractivity contribution in [2.45, 2.75) is 13.3 Å². The number of para-hydroxylation sites is 1. The molecule has 0 aromatic heterocycles. The maximum Gasteiger partial charge on any atom is 0.277 e. The highest BCUT2D eigenvalue weighted by Crippen LogP contribution is 2.14. The van der Waals surface area contributed by atoms with Crippen LogP contribution in [0.1, 0.15) is 18.1 Å². The van der Waals surface area contributed by atoms with E-state index in [0.29, 0.717) is 11.5 Å². The van der Waals surface area contributed by atoms with Gasteiger partial charge in [-0.05, 0) is 36.2 Å². The van der Waals surface area contributed by atoms with Crippen LogP contribution in [-0.2, 0) is 11.2 Å². The highest BCUT2D eigenvalue weighted by Gasteiger charge is 2.02. The molecule has 0 unspecified atom stereocenters. The fourth-order valence-electron chi connectivity index (χ4n) is 1.95. The summed E-state index contributed by atoms with van der Waals surface area (Å²) >= 11 is 0. The molecule has 0 aliphatic rings. The normalized spacial score (nSPS) is 10.5. The number of ether oxygens (including phenoxy) is 2. The first-order valence-electron chi connectivity index (χ1n) is 7.39. The number of hydrazone groups is 1. The van der Waals surface area contributed by atoms with Gasteiger partial charge in [0.25, 0.3) is 5.91 Å². The van der Waals surface area contributed by atoms with Gasteiger partial charge in [0.05, 0.1) is 13.3 Å². The zero-order valence-corrected chi connectivity index (χ0v) is 13.3. The van der Waals surface area contributed by atoms with Crippen molar-refractivity contribution in [1.29, 1.82) is 0 Å². The Morgan fingerprint density at radius 1 is 1.17 bits per heavy atom. The number of carbonyl (C=O) groups is 1. The van der Waals surface area contributed by atoms with E-state index in [9.17, 15) is 4.79 Å². The second-order valence-corrected chi connectivity index (χ2v) is 4.82. The molecular formula is C18H20N2O3. The second-order valence-electron chi connectivity index (χ2n) is 4.82. The number of nitrogens with zero attached hydrogens (tertiary/aromatic N) is 1. The lowest BCUT2D eigenvalue weighted by molar-refractivity contribution is -0.123. The van der Waals surface area contributed by atoms with E-state index in [1.165, 1.54) is 11.8 Å². The predicted octanol–water partition coefficient (Wildman–Crippen LogP) is 2.79. The molecule has 0 spiro atoms. The van der Waals surface area contributed by atoms with Crippen LogP contribution in [0.3, 0.4) is 0 Å². The van der Waals surface area contributed by atoms with E-state index in [2.05, 4.69) is 17.5 Å². The molecule has 0 saturated carbocycles. The molecule has 23 heavy (non-hydrogen) atoms. The van der Waals surface area contributed by atoms with E-state index in [4.69, 9.17) is 9.47 Å². The number of amides is 1. The predicted molar refractivity (Wildman–Crippen MR) is 90.0 cm³/mol. The molecule has 5 nitrogen and oxygen atoms in total. The van der Waals surface area contributed by atoms with Crippen LogP contribution in [0, 0.1) is 0 Å². The smallest absolute Gasteiger partial charge is 0.277 e. The number of rotatable bonds is 7. The van der Waals surface area contributed by atoms with Crippen molar-refractivity contribution in [3.05, 3.63) is 59.7 Å². The first-order valence-corrected chi connectivity index (χ1v) is 7.39. The molecule has 0 aliphatic heterocycles. The summed E-state index contributed by atoms with van der Waals surface area (Å²) in [6.07, 6.45) is 2.51. The summed E-state index contributed by atoms with van der Waals surface area (Å²) in [5.41, 5.74) is 4.43. The van der Waals surface area contributed by atoms with Crippen LogP contribution in [0.15, 0.2) is 53.6 Å². The van der Waals surface area contributed by atoms with Gasteiger partial charge in [-0.2, -0.15) is 5.10 Å². The summed E-state index contributed by atoms with van der Waals surface area (Å²) in [6, 6.07) is 15.1. The van der Waals surface area contributed by atoms with Crippen LogP contribution in [0.4, 0.5) is 0 Å². The quantitative estimate of drug-likeness (QED) is 0.632. The first-order chi connectivity index (χ1) is 11.2. The number of benzene rings is 2. The second kappa shape index (κ2) is 8.58. The molecule has 5 heteroatoms. The van der Waals surface area contributed by atoms with E-state index in [0.717, 1.165) is 12.0 Å². The first kappa shape index (κ1) is 16.5. The van der Waals surface area contributed by atoms with Crippen molar-refractivity contribution in [1.82, 2.24) is 5.43 Å². The Kier molecular flexibility index (Phi) is 6.17. The molecule has 0 aliphatic carbocycles. The SMILES string of the molecule is CCc1ccc(OCC(=O)N/N=C/c2ccccc2OC)cc1. The van der Waals surface area contributed by atoms with Gasteiger partial charge >= 0.3 is 0 Å². The van der Waals surface area contributed by atoms with Crippen molar-refractivity contribution in [3.8, 4) is 11.5 Å². The number of hydrogen-bond donors (Lipinski definition) is 1. The lowest BCUT2D eigenvalue weighted by atomic mass is 10.2. The van der Waals surface area contributed by atoms with Crippen LogP contribution in [-0.4, -0.2) is 25.8 Å². The third-order valence-corrected chi connectivity index (χ3v) is 3.23. The average molecular weight is 312 g/mol. The van der Waals surface area contributed by atoms with Crippen molar-refractivity contribution in [2.24, 2.45) is 5.10 Å². The van der Waals surface area contributed by atoms with E-state index in [1.54, 1.807) is 7.11 Å². The summed E-state index contributed by atoms with van der Waals surface area (Å²) in [6.45, 7) is 2.00. The third kappa shape index (κ3) is 5.14. The molecule has 0 bridgehead atoms. The molecule has 0 atom stereocenters. The largest absolute Gasteiger partial charge is 0.496 e. The van der Waals surface area contributed by atoms with E-state index in [-0.39, 0.29) is 12.5 Å². The molecular weight excluding hydrogens is 292 g/mol. The van der Waals surface area contributed by atoms with Crippen LogP contribution >= 0.6 is 0 Å². The Morgan fingerprint density at radius 2 is 1.91 bits per heavy atom. The highest BCUT2D eigenvalue weighted by atomic mass is 16.5. The molecule has 0 heterocycles. The molecule has 0 radical (unpaired) electrons. The van der Waals surface area contributed by atoms with E-state index in [1.807, 2.05) is 48.5 Å². The zero-order chi connectivity index (χ0) is 16.5. The standard InChI is InChI=1S/C18H20N2O3/c1-3-14-8-10-16(11-9-14)23-13-18(21)20-19-12-15-6-4-5-7-17(15)22-2/h4-12H,3,13H2,1-2H3,(H,20,21)/b19-12+. The summed E-state index contributed by atoms with van der Waals surface area (Å²) in [7, 11) is 1.59. The summed E-state index contributed by atoms with van der Waals surface area (Å²) in [5.74, 6) is 1.03. The van der Waals surface area contributed by atoms with E-state index >= 15 is 0 Å². The van der Waals surface area contributed by atoms with Gasteiger partial charge in [-0.1, -0.05) is 31.2 Å². The Bertz CT molecular complexity index is 666. The van der Waals surface area contributed by atoms with Gasteiger partial charge in [-0.15, -0.1) is 0 Å². The number of aryl methyl sites for hydroxylation is 1. The van der Waals surface area contributed by atoms with Crippen LogP contribution in [0.25, 0.3) is 0 Å². The number of hydrogen-bond acceptors (Lipinski definition) is 4. The molecule has 1 N–H and O–H groups in total. The molecule has 2 aromatic carbocycles. The Hall–Kier alpha value is -2.82. The van der Waals surface area contributed by atoms with Crippen molar-refractivity contribution in [3.63, 3.8) is 0 Å². The lowest BCUT2D eigenvalue weighted by Gasteiger charge is -2.06. The van der Waals surface area contributed by atoms with Crippen LogP contribution in [0.2, 0.25) is 0 Å². The fourth-order valence-corrected chi connectivity index (χ4v) is 1.95. The Balaban J connectivity index is 1.81. The molecule has 1 amide bonds. The molecule has 120 valence electrons. The van der Waals surface area contributed by atoms with Crippen molar-refractivity contribution >= 4 is 12.1 Å². The highest BCUT2D eigenvalue weighted by molar-refractivity contribution is 5.85. The summed E-state index contributed by atoms with van der Waals surface area (Å²) < 4.78 is 10.6. The van der Waals surface area contributed by atoms with Gasteiger partial charge in [0.1, 0.15) is 11.5 Å². The number of nitrogens with one attached hydrogen (secondary N) is 1. The monoisotopic (exact) mass is 312 g/mol. The van der Waals surface area contributed by atoms with Gasteiger partial charge in [0, 0.05) is 5.56 Å². The van der Waals surface area contributed by atoms with Gasteiger partial charge < -0.3 is 9.47 Å². The van der Waals surface area contributed by atoms with Crippen LogP contribution < -0.4 is 14.9 Å². The van der Waals surface area contributed by atoms with E-state index < -0.39 is 0 Å². The topological polar surface area (TPSA) is 59.9 Å². The van der Waals surface area contributed by atoms with Crippen molar-refractivity contribution < 1.29 is 14.3 Å². The average Bonchev–Trinajstić information content (AvgIpc) is 2.61. The van der Waals surface area contributed by atoms with Crippen molar-refractivity contribution in [2.75, 3.05) is 13.7 Å². The third-order valence-electron chi connectivity index (χ3n) is 3.23. The summed E-state index contributed by atoms with van der Waals surface area (Å²) in [4.78, 5) is 11.7. The number of methoxy groups -OCH3 is 1. The van der Waals surface area contributed by atoms with Gasteiger partial charge in [-0.25, -0.2) is 5.43 Å². The number of carbonyl (C=O) groups excluding carboxylic acids is 1. The van der Waals surface area contributed by atoms with Gasteiger partial charge in [0.2, 0.25) is 0 Å². The molecule has 2 aromatic rings. The molecule has 0 fully saturated rings. The molecule has 0 saturated heterocycles. The van der Waals surface area contributed by atoms with Gasteiger partial charge in [0.15, 0.2) is 6.61 Å². The minimum atomic E-state index is -0.323. The van der Waals surface area contributed by atoms with Gasteiger partial charge in [-0.3, -0.25) is 4.79 Å². The minimum absolute atomic E-state index is 0.0886. The maximum absolute atomic E-state index is 11.7. The van der Waals surface area contributed by atoms with Crippen LogP contribution in [0.5, 0.6) is 11.5 Å². The Labute approximate surface area is 135 Å². The lowest BCUT2D eigenvalue weighted by Crippen LogP contribution is -2.24.